The van der Waals surface area contributed by atoms with Crippen molar-refractivity contribution in [3.8, 4) is 16.4 Å². The number of amides is 1. The predicted octanol–water partition coefficient (Wildman–Crippen LogP) is 3.29. The highest BCUT2D eigenvalue weighted by Gasteiger charge is 2.10. The Morgan fingerprint density at radius 2 is 1.89 bits per heavy atom. The Balaban J connectivity index is 1.26. The lowest BCUT2D eigenvalue weighted by Gasteiger charge is -2.03. The molecule has 140 valence electrons. The van der Waals surface area contributed by atoms with Gasteiger partial charge in [0, 0.05) is 30.7 Å². The molecule has 4 aromatic rings. The number of nitrogens with one attached hydrogen (secondary N) is 1. The Morgan fingerprint density at radius 3 is 2.71 bits per heavy atom. The average Bonchev–Trinajstić information content (AvgIpc) is 3.39. The Bertz CT molecular complexity index is 1040. The molecule has 0 bridgehead atoms. The number of nitrogens with zero attached hydrogens (tertiary/aromatic N) is 4. The molecule has 3 aromatic heterocycles. The van der Waals surface area contributed by atoms with Crippen LogP contribution in [0, 0.1) is 0 Å². The van der Waals surface area contributed by atoms with E-state index in [0.717, 1.165) is 27.8 Å². The first-order chi connectivity index (χ1) is 13.8. The van der Waals surface area contributed by atoms with Gasteiger partial charge in [-0.1, -0.05) is 24.3 Å². The van der Waals surface area contributed by atoms with Crippen LogP contribution >= 0.6 is 11.3 Å². The summed E-state index contributed by atoms with van der Waals surface area (Å²) in [4.78, 5) is 21.0. The third-order valence-electron chi connectivity index (χ3n) is 4.15. The molecular formula is C21H19N5OS. The van der Waals surface area contributed by atoms with Gasteiger partial charge in [-0.2, -0.15) is 5.10 Å². The van der Waals surface area contributed by atoms with Gasteiger partial charge in [-0.3, -0.25) is 9.78 Å². The van der Waals surface area contributed by atoms with E-state index in [1.165, 1.54) is 11.3 Å². The number of pyridine rings is 1. The predicted molar refractivity (Wildman–Crippen MR) is 109 cm³/mol. The first-order valence-electron chi connectivity index (χ1n) is 9.00. The minimum atomic E-state index is -0.0413. The van der Waals surface area contributed by atoms with Crippen LogP contribution in [0.5, 0.6) is 0 Å². The van der Waals surface area contributed by atoms with Crippen LogP contribution in [-0.4, -0.2) is 32.2 Å². The summed E-state index contributed by atoms with van der Waals surface area (Å²) < 4.78 is 1.84. The topological polar surface area (TPSA) is 72.7 Å². The Labute approximate surface area is 166 Å². The fraction of sp³-hybridized carbons (Fsp3) is 0.143. The number of rotatable bonds is 7. The maximum Gasteiger partial charge on any atom is 0.226 e. The van der Waals surface area contributed by atoms with Crippen LogP contribution in [0.15, 0.2) is 72.4 Å². The molecule has 0 saturated heterocycles. The minimum absolute atomic E-state index is 0.0413. The quantitative estimate of drug-likeness (QED) is 0.526. The molecule has 1 aromatic carbocycles. The lowest BCUT2D eigenvalue weighted by atomic mass is 10.3. The van der Waals surface area contributed by atoms with E-state index in [1.807, 2.05) is 70.9 Å². The summed E-state index contributed by atoms with van der Waals surface area (Å²) in [6.07, 6.45) is 4.62. The lowest BCUT2D eigenvalue weighted by molar-refractivity contribution is -0.120. The number of hydrogen-bond acceptors (Lipinski definition) is 5. The molecule has 6 nitrogen and oxygen atoms in total. The molecule has 0 spiro atoms. The molecule has 0 aliphatic carbocycles. The zero-order chi connectivity index (χ0) is 19.2. The average molecular weight is 389 g/mol. The van der Waals surface area contributed by atoms with E-state index in [4.69, 9.17) is 0 Å². The van der Waals surface area contributed by atoms with E-state index in [1.54, 1.807) is 6.20 Å². The summed E-state index contributed by atoms with van der Waals surface area (Å²) >= 11 is 1.50. The maximum atomic E-state index is 12.2. The fourth-order valence-electron chi connectivity index (χ4n) is 2.77. The lowest BCUT2D eigenvalue weighted by Crippen LogP contribution is -2.27. The molecule has 0 atom stereocenters. The van der Waals surface area contributed by atoms with Crippen molar-refractivity contribution in [1.29, 1.82) is 0 Å². The van der Waals surface area contributed by atoms with Crippen molar-refractivity contribution in [3.63, 3.8) is 0 Å². The smallest absolute Gasteiger partial charge is 0.226 e. The van der Waals surface area contributed by atoms with E-state index in [0.29, 0.717) is 13.0 Å². The van der Waals surface area contributed by atoms with Crippen molar-refractivity contribution in [2.75, 3.05) is 6.54 Å². The minimum Gasteiger partial charge on any atom is -0.355 e. The molecule has 7 heteroatoms. The van der Waals surface area contributed by atoms with Crippen molar-refractivity contribution < 1.29 is 4.79 Å². The molecule has 28 heavy (non-hydrogen) atoms. The van der Waals surface area contributed by atoms with Crippen molar-refractivity contribution in [3.05, 3.63) is 83.8 Å². The van der Waals surface area contributed by atoms with Crippen molar-refractivity contribution in [1.82, 2.24) is 25.1 Å². The first-order valence-corrected chi connectivity index (χ1v) is 9.88. The Morgan fingerprint density at radius 1 is 1.04 bits per heavy atom. The van der Waals surface area contributed by atoms with E-state index in [2.05, 4.69) is 20.4 Å². The van der Waals surface area contributed by atoms with Crippen LogP contribution in [0.25, 0.3) is 16.4 Å². The number of para-hydroxylation sites is 1. The molecule has 0 saturated carbocycles. The zero-order valence-corrected chi connectivity index (χ0v) is 16.0. The van der Waals surface area contributed by atoms with E-state index >= 15 is 0 Å². The molecule has 0 radical (unpaired) electrons. The summed E-state index contributed by atoms with van der Waals surface area (Å²) in [5, 5.41) is 10.2. The summed E-state index contributed by atoms with van der Waals surface area (Å²) in [5.41, 5.74) is 3.55. The van der Waals surface area contributed by atoms with Gasteiger partial charge in [0.15, 0.2) is 0 Å². The van der Waals surface area contributed by atoms with Gasteiger partial charge in [-0.25, -0.2) is 9.67 Å². The van der Waals surface area contributed by atoms with Gasteiger partial charge in [0.05, 0.1) is 29.2 Å². The molecule has 3 heterocycles. The molecule has 0 aliphatic rings. The molecule has 1 N–H and O–H groups in total. The second kappa shape index (κ2) is 8.58. The van der Waals surface area contributed by atoms with Crippen LogP contribution in [0.4, 0.5) is 0 Å². The highest BCUT2D eigenvalue weighted by molar-refractivity contribution is 7.13. The highest BCUT2D eigenvalue weighted by atomic mass is 32.1. The largest absolute Gasteiger partial charge is 0.355 e. The summed E-state index contributed by atoms with van der Waals surface area (Å²) in [5.74, 6) is -0.0413. The molecule has 0 fully saturated rings. The van der Waals surface area contributed by atoms with Crippen molar-refractivity contribution >= 4 is 17.2 Å². The maximum absolute atomic E-state index is 12.2. The number of thiazole rings is 1. The second-order valence-electron chi connectivity index (χ2n) is 6.22. The summed E-state index contributed by atoms with van der Waals surface area (Å²) in [6.45, 7) is 0.544. The monoisotopic (exact) mass is 389 g/mol. The van der Waals surface area contributed by atoms with Crippen LogP contribution < -0.4 is 5.32 Å². The molecule has 1 amide bonds. The number of benzene rings is 1. The van der Waals surface area contributed by atoms with Gasteiger partial charge >= 0.3 is 0 Å². The Kier molecular flexibility index (Phi) is 5.53. The van der Waals surface area contributed by atoms with Gasteiger partial charge in [-0.05, 0) is 30.3 Å². The normalized spacial score (nSPS) is 10.7. The van der Waals surface area contributed by atoms with Crippen LogP contribution in [0.3, 0.4) is 0 Å². The standard InChI is InChI=1S/C21H19N5OS/c27-20(14-17-15-28-21(24-17)19-8-4-5-11-22-19)23-12-9-16-10-13-26(25-16)18-6-2-1-3-7-18/h1-8,10-11,13,15H,9,12,14H2,(H,23,27). The summed E-state index contributed by atoms with van der Waals surface area (Å²) in [6, 6.07) is 17.6. The Hall–Kier alpha value is -3.32. The third kappa shape index (κ3) is 4.50. The molecule has 4 rings (SSSR count). The summed E-state index contributed by atoms with van der Waals surface area (Å²) in [7, 11) is 0. The fourth-order valence-corrected chi connectivity index (χ4v) is 3.57. The number of carbonyl (C=O) groups is 1. The number of hydrogen-bond donors (Lipinski definition) is 1. The number of aromatic nitrogens is 4. The second-order valence-corrected chi connectivity index (χ2v) is 7.08. The molecule has 0 unspecified atom stereocenters. The molecule has 0 aliphatic heterocycles. The van der Waals surface area contributed by atoms with E-state index in [9.17, 15) is 4.79 Å². The third-order valence-corrected chi connectivity index (χ3v) is 5.06. The van der Waals surface area contributed by atoms with Crippen molar-refractivity contribution in [2.45, 2.75) is 12.8 Å². The van der Waals surface area contributed by atoms with E-state index in [-0.39, 0.29) is 12.3 Å². The van der Waals surface area contributed by atoms with Crippen LogP contribution in [0.1, 0.15) is 11.4 Å². The van der Waals surface area contributed by atoms with Gasteiger partial charge in [0.1, 0.15) is 5.01 Å². The van der Waals surface area contributed by atoms with Gasteiger partial charge in [-0.15, -0.1) is 11.3 Å². The first kappa shape index (κ1) is 18.1. The van der Waals surface area contributed by atoms with Crippen LogP contribution in [-0.2, 0) is 17.6 Å². The number of carbonyl (C=O) groups excluding carboxylic acids is 1. The highest BCUT2D eigenvalue weighted by Crippen LogP contribution is 2.21. The van der Waals surface area contributed by atoms with Gasteiger partial charge in [0.25, 0.3) is 0 Å². The molecular weight excluding hydrogens is 370 g/mol. The van der Waals surface area contributed by atoms with Crippen molar-refractivity contribution in [2.24, 2.45) is 0 Å². The SMILES string of the molecule is O=C(Cc1csc(-c2ccccn2)n1)NCCc1ccn(-c2ccccc2)n1. The van der Waals surface area contributed by atoms with Crippen LogP contribution in [0.2, 0.25) is 0 Å². The van der Waals surface area contributed by atoms with E-state index < -0.39 is 0 Å². The van der Waals surface area contributed by atoms with Gasteiger partial charge in [0.2, 0.25) is 5.91 Å². The van der Waals surface area contributed by atoms with Gasteiger partial charge < -0.3 is 5.32 Å². The zero-order valence-electron chi connectivity index (χ0n) is 15.2.